The van der Waals surface area contributed by atoms with Crippen molar-refractivity contribution < 1.29 is 4.74 Å². The molecule has 114 valence electrons. The van der Waals surface area contributed by atoms with E-state index >= 15 is 0 Å². The van der Waals surface area contributed by atoms with Gasteiger partial charge in [0, 0.05) is 22.8 Å². The van der Waals surface area contributed by atoms with Gasteiger partial charge in [0.15, 0.2) is 5.15 Å². The first-order valence-corrected chi connectivity index (χ1v) is 8.12. The number of allylic oxidation sites excluding steroid dienone is 5. The molecule has 3 aliphatic carbocycles. The van der Waals surface area contributed by atoms with Crippen molar-refractivity contribution in [2.24, 2.45) is 11.3 Å². The Morgan fingerprint density at radius 1 is 1.26 bits per heavy atom. The number of aromatic nitrogens is 3. The third-order valence-corrected chi connectivity index (χ3v) is 5.28. The molecule has 0 saturated heterocycles. The Balaban J connectivity index is 1.54. The molecule has 1 unspecified atom stereocenters. The topological polar surface area (TPSA) is 47.9 Å². The number of nitrogens with zero attached hydrogens (tertiary/aromatic N) is 3. The van der Waals surface area contributed by atoms with E-state index in [-0.39, 0.29) is 0 Å². The Kier molecular flexibility index (Phi) is 2.55. The average Bonchev–Trinajstić information content (AvgIpc) is 3.43. The molecule has 0 aromatic carbocycles. The first-order chi connectivity index (χ1) is 11.2. The van der Waals surface area contributed by atoms with Crippen LogP contribution in [-0.2, 0) is 0 Å². The molecule has 0 bridgehead atoms. The van der Waals surface area contributed by atoms with Gasteiger partial charge in [0.05, 0.1) is 11.7 Å². The summed E-state index contributed by atoms with van der Waals surface area (Å²) >= 11 is 6.03. The molecule has 2 aromatic heterocycles. The van der Waals surface area contributed by atoms with E-state index in [0.717, 1.165) is 11.1 Å². The normalized spacial score (nSPS) is 23.6. The molecule has 1 atom stereocenters. The van der Waals surface area contributed by atoms with E-state index in [1.165, 1.54) is 24.0 Å². The molecule has 4 nitrogen and oxygen atoms in total. The maximum atomic E-state index is 6.12. The summed E-state index contributed by atoms with van der Waals surface area (Å²) in [6, 6.07) is 3.71. The fraction of sp³-hybridized carbons (Fsp3) is 0.278. The summed E-state index contributed by atoms with van der Waals surface area (Å²) < 4.78 is 6.12. The second kappa shape index (κ2) is 4.42. The van der Waals surface area contributed by atoms with Crippen LogP contribution in [0.2, 0.25) is 5.15 Å². The predicted octanol–water partition coefficient (Wildman–Crippen LogP) is 4.24. The van der Waals surface area contributed by atoms with Crippen molar-refractivity contribution in [2.45, 2.75) is 19.8 Å². The second-order valence-electron chi connectivity index (χ2n) is 6.48. The molecule has 5 rings (SSSR count). The lowest BCUT2D eigenvalue weighted by atomic mass is 10.2. The summed E-state index contributed by atoms with van der Waals surface area (Å²) in [6.07, 6.45) is 10.7. The van der Waals surface area contributed by atoms with Gasteiger partial charge in [-0.15, -0.1) is 5.10 Å². The van der Waals surface area contributed by atoms with E-state index in [4.69, 9.17) is 16.3 Å². The van der Waals surface area contributed by atoms with Crippen LogP contribution in [0.1, 0.15) is 19.8 Å². The summed E-state index contributed by atoms with van der Waals surface area (Å²) in [5.74, 6) is 2.06. The van der Waals surface area contributed by atoms with Crippen molar-refractivity contribution in [2.75, 3.05) is 0 Å². The summed E-state index contributed by atoms with van der Waals surface area (Å²) in [5.41, 5.74) is 3.81. The molecule has 0 N–H and O–H groups in total. The number of halogens is 1. The van der Waals surface area contributed by atoms with E-state index in [1.54, 1.807) is 6.20 Å². The molecule has 5 heteroatoms. The lowest BCUT2D eigenvalue weighted by Crippen LogP contribution is -1.97. The Morgan fingerprint density at radius 2 is 2.13 bits per heavy atom. The Morgan fingerprint density at radius 3 is 2.96 bits per heavy atom. The van der Waals surface area contributed by atoms with Crippen LogP contribution in [0.5, 0.6) is 5.88 Å². The van der Waals surface area contributed by atoms with Crippen molar-refractivity contribution in [3.63, 3.8) is 0 Å². The number of pyridine rings is 1. The minimum Gasteiger partial charge on any atom is -0.439 e. The summed E-state index contributed by atoms with van der Waals surface area (Å²) in [4.78, 5) is 4.51. The number of fused-ring (bicyclic) bond motifs is 4. The summed E-state index contributed by atoms with van der Waals surface area (Å²) in [7, 11) is 0. The SMILES string of the molecule is CC1=CC2C(=C(Oc3ccc4c(Cl)nncc4n3)C=C1)C21CC1. The van der Waals surface area contributed by atoms with Gasteiger partial charge in [-0.3, -0.25) is 0 Å². The van der Waals surface area contributed by atoms with Crippen LogP contribution < -0.4 is 4.74 Å². The van der Waals surface area contributed by atoms with Gasteiger partial charge < -0.3 is 4.74 Å². The van der Waals surface area contributed by atoms with Crippen molar-refractivity contribution in [1.29, 1.82) is 0 Å². The Labute approximate surface area is 138 Å². The molecule has 0 aliphatic heterocycles. The standard InChI is InChI=1S/C18H14ClN3O/c1-10-2-4-14(16-12(8-10)18(16)6-7-18)23-15-5-3-11-13(21-15)9-20-22-17(11)19/h2-5,8-9,12H,6-7H2,1H3. The lowest BCUT2D eigenvalue weighted by molar-refractivity contribution is 0.424. The van der Waals surface area contributed by atoms with Crippen LogP contribution in [0.3, 0.4) is 0 Å². The number of ether oxygens (including phenoxy) is 1. The first kappa shape index (κ1) is 13.3. The molecule has 2 aromatic rings. The van der Waals surface area contributed by atoms with Crippen molar-refractivity contribution in [1.82, 2.24) is 15.2 Å². The van der Waals surface area contributed by atoms with Crippen LogP contribution >= 0.6 is 11.6 Å². The van der Waals surface area contributed by atoms with Crippen molar-refractivity contribution >= 4 is 22.5 Å². The average molecular weight is 324 g/mol. The molecular formula is C18H14ClN3O. The molecule has 1 spiro atoms. The molecule has 3 aliphatic rings. The Hall–Kier alpha value is -2.20. The fourth-order valence-corrected chi connectivity index (χ4v) is 3.80. The van der Waals surface area contributed by atoms with Crippen LogP contribution in [0.15, 0.2) is 53.5 Å². The lowest BCUT2D eigenvalue weighted by Gasteiger charge is -2.07. The number of rotatable bonds is 2. The molecule has 2 saturated carbocycles. The zero-order chi connectivity index (χ0) is 15.6. The Bertz CT molecular complexity index is 940. The van der Waals surface area contributed by atoms with E-state index in [9.17, 15) is 0 Å². The van der Waals surface area contributed by atoms with Gasteiger partial charge in [-0.05, 0) is 37.5 Å². The van der Waals surface area contributed by atoms with Gasteiger partial charge in [-0.1, -0.05) is 29.3 Å². The van der Waals surface area contributed by atoms with Crippen LogP contribution in [0.4, 0.5) is 0 Å². The first-order valence-electron chi connectivity index (χ1n) is 7.74. The van der Waals surface area contributed by atoms with Crippen LogP contribution in [0, 0.1) is 11.3 Å². The number of hydrogen-bond donors (Lipinski definition) is 0. The summed E-state index contributed by atoms with van der Waals surface area (Å²) in [5, 5.41) is 8.81. The monoisotopic (exact) mass is 323 g/mol. The van der Waals surface area contributed by atoms with Gasteiger partial charge in [-0.25, -0.2) is 4.98 Å². The van der Waals surface area contributed by atoms with Gasteiger partial charge >= 0.3 is 0 Å². The van der Waals surface area contributed by atoms with E-state index in [0.29, 0.717) is 27.9 Å². The molecule has 2 heterocycles. The van der Waals surface area contributed by atoms with Gasteiger partial charge in [0.2, 0.25) is 5.88 Å². The maximum absolute atomic E-state index is 6.12. The highest BCUT2D eigenvalue weighted by Crippen LogP contribution is 2.76. The van der Waals surface area contributed by atoms with E-state index in [1.807, 2.05) is 12.1 Å². The third-order valence-electron chi connectivity index (χ3n) is 5.00. The summed E-state index contributed by atoms with van der Waals surface area (Å²) in [6.45, 7) is 2.14. The van der Waals surface area contributed by atoms with Gasteiger partial charge in [-0.2, -0.15) is 5.10 Å². The smallest absolute Gasteiger partial charge is 0.219 e. The van der Waals surface area contributed by atoms with E-state index < -0.39 is 0 Å². The van der Waals surface area contributed by atoms with Crippen molar-refractivity contribution in [3.8, 4) is 5.88 Å². The second-order valence-corrected chi connectivity index (χ2v) is 6.83. The largest absolute Gasteiger partial charge is 0.439 e. The molecule has 0 radical (unpaired) electrons. The highest BCUT2D eigenvalue weighted by Gasteiger charge is 2.68. The quantitative estimate of drug-likeness (QED) is 0.829. The third kappa shape index (κ3) is 1.94. The van der Waals surface area contributed by atoms with Gasteiger partial charge in [0.25, 0.3) is 0 Å². The highest BCUT2D eigenvalue weighted by atomic mass is 35.5. The van der Waals surface area contributed by atoms with Crippen molar-refractivity contribution in [3.05, 3.63) is 58.6 Å². The zero-order valence-corrected chi connectivity index (χ0v) is 13.3. The van der Waals surface area contributed by atoms with Gasteiger partial charge in [0.1, 0.15) is 5.76 Å². The van der Waals surface area contributed by atoms with Crippen LogP contribution in [0.25, 0.3) is 10.9 Å². The molecule has 0 amide bonds. The van der Waals surface area contributed by atoms with Crippen LogP contribution in [-0.4, -0.2) is 15.2 Å². The fourth-order valence-electron chi connectivity index (χ4n) is 3.60. The highest BCUT2D eigenvalue weighted by molar-refractivity contribution is 6.33. The molecule has 2 fully saturated rings. The molecular weight excluding hydrogens is 310 g/mol. The zero-order valence-electron chi connectivity index (χ0n) is 12.6. The maximum Gasteiger partial charge on any atom is 0.219 e. The van der Waals surface area contributed by atoms with E-state index in [2.05, 4.69) is 40.3 Å². The minimum absolute atomic E-state index is 0.358. The predicted molar refractivity (Wildman–Crippen MR) is 88.1 cm³/mol. The number of hydrogen-bond acceptors (Lipinski definition) is 4. The minimum atomic E-state index is 0.358. The molecule has 23 heavy (non-hydrogen) atoms.